The largest absolute Gasteiger partial charge is 0.377 e. The van der Waals surface area contributed by atoms with Crippen LogP contribution in [0.1, 0.15) is 47.4 Å². The Morgan fingerprint density at radius 3 is 3.08 bits per heavy atom. The van der Waals surface area contributed by atoms with Crippen molar-refractivity contribution >= 4 is 17.5 Å². The van der Waals surface area contributed by atoms with Gasteiger partial charge in [-0.05, 0) is 31.4 Å². The molecular weight excluding hydrogens is 337 g/mol. The van der Waals surface area contributed by atoms with E-state index in [1.807, 2.05) is 0 Å². The minimum absolute atomic E-state index is 0.0925. The van der Waals surface area contributed by atoms with Gasteiger partial charge in [-0.1, -0.05) is 22.8 Å². The Hall–Kier alpha value is -1.99. The number of ether oxygens (including phenoxy) is 1. The van der Waals surface area contributed by atoms with Crippen molar-refractivity contribution in [3.63, 3.8) is 0 Å². The Morgan fingerprint density at radius 2 is 2.33 bits per heavy atom. The van der Waals surface area contributed by atoms with E-state index < -0.39 is 11.7 Å². The van der Waals surface area contributed by atoms with Crippen LogP contribution >= 0.6 is 11.6 Å². The SMILES string of the molecule is COCc1noc(C2CCCCN2C(=O)c2c(F)cccc2Cl)n1. The van der Waals surface area contributed by atoms with Gasteiger partial charge in [0.25, 0.3) is 5.91 Å². The van der Waals surface area contributed by atoms with Crippen LogP contribution in [0.3, 0.4) is 0 Å². The predicted octanol–water partition coefficient (Wildman–Crippen LogP) is 3.38. The number of aromatic nitrogens is 2. The van der Waals surface area contributed by atoms with Gasteiger partial charge in [0.15, 0.2) is 5.82 Å². The Labute approximate surface area is 143 Å². The van der Waals surface area contributed by atoms with Crippen LogP contribution in [0.15, 0.2) is 22.7 Å². The molecule has 1 aromatic heterocycles. The van der Waals surface area contributed by atoms with Gasteiger partial charge >= 0.3 is 0 Å². The fraction of sp³-hybridized carbons (Fsp3) is 0.438. The quantitative estimate of drug-likeness (QED) is 0.842. The van der Waals surface area contributed by atoms with Gasteiger partial charge in [-0.3, -0.25) is 4.79 Å². The molecule has 1 unspecified atom stereocenters. The number of benzene rings is 1. The number of likely N-dealkylation sites (tertiary alicyclic amines) is 1. The number of amides is 1. The first-order valence-corrected chi connectivity index (χ1v) is 8.06. The average Bonchev–Trinajstić information content (AvgIpc) is 3.03. The summed E-state index contributed by atoms with van der Waals surface area (Å²) in [6.07, 6.45) is 2.42. The molecule has 1 fully saturated rings. The van der Waals surface area contributed by atoms with Crippen LogP contribution in [0.2, 0.25) is 5.02 Å². The van der Waals surface area contributed by atoms with Crippen LogP contribution in [0.5, 0.6) is 0 Å². The summed E-state index contributed by atoms with van der Waals surface area (Å²) in [6, 6.07) is 3.80. The number of piperidine rings is 1. The molecule has 1 amide bonds. The minimum Gasteiger partial charge on any atom is -0.377 e. The zero-order valence-electron chi connectivity index (χ0n) is 13.2. The Morgan fingerprint density at radius 1 is 1.50 bits per heavy atom. The summed E-state index contributed by atoms with van der Waals surface area (Å²) in [4.78, 5) is 18.7. The summed E-state index contributed by atoms with van der Waals surface area (Å²) in [7, 11) is 1.53. The molecule has 1 aliphatic rings. The van der Waals surface area contributed by atoms with Gasteiger partial charge in [0.2, 0.25) is 5.89 Å². The van der Waals surface area contributed by atoms with Crippen LogP contribution in [-0.2, 0) is 11.3 Å². The van der Waals surface area contributed by atoms with Gasteiger partial charge in [0, 0.05) is 13.7 Å². The van der Waals surface area contributed by atoms with Crippen LogP contribution in [0.25, 0.3) is 0 Å². The summed E-state index contributed by atoms with van der Waals surface area (Å²) >= 11 is 6.03. The van der Waals surface area contributed by atoms with E-state index in [0.717, 1.165) is 12.8 Å². The van der Waals surface area contributed by atoms with Crippen LogP contribution in [0, 0.1) is 5.82 Å². The van der Waals surface area contributed by atoms with Crippen molar-refractivity contribution in [1.82, 2.24) is 15.0 Å². The van der Waals surface area contributed by atoms with Crippen LogP contribution in [0.4, 0.5) is 4.39 Å². The smallest absolute Gasteiger partial charge is 0.259 e. The standard InChI is InChI=1S/C16H17ClFN3O3/c1-23-9-13-19-15(24-20-13)12-7-2-3-8-21(12)16(22)14-10(17)5-4-6-11(14)18/h4-6,12H,2-3,7-9H2,1H3. The third-order valence-corrected chi connectivity index (χ3v) is 4.30. The fourth-order valence-corrected chi connectivity index (χ4v) is 3.11. The number of hydrogen-bond acceptors (Lipinski definition) is 5. The lowest BCUT2D eigenvalue weighted by atomic mass is 10.0. The zero-order chi connectivity index (χ0) is 17.1. The molecule has 6 nitrogen and oxygen atoms in total. The first-order valence-electron chi connectivity index (χ1n) is 7.68. The van der Waals surface area contributed by atoms with E-state index in [1.165, 1.54) is 25.3 Å². The molecular formula is C16H17ClFN3O3. The van der Waals surface area contributed by atoms with Crippen molar-refractivity contribution in [2.75, 3.05) is 13.7 Å². The molecule has 24 heavy (non-hydrogen) atoms. The lowest BCUT2D eigenvalue weighted by Gasteiger charge is -2.33. The molecule has 2 heterocycles. The highest BCUT2D eigenvalue weighted by atomic mass is 35.5. The number of carbonyl (C=O) groups is 1. The van der Waals surface area contributed by atoms with Crippen molar-refractivity contribution in [2.24, 2.45) is 0 Å². The Kier molecular flexibility index (Phi) is 5.11. The molecule has 128 valence electrons. The number of halogens is 2. The summed E-state index contributed by atoms with van der Waals surface area (Å²) in [5.41, 5.74) is -0.123. The topological polar surface area (TPSA) is 68.5 Å². The van der Waals surface area contributed by atoms with Crippen LogP contribution < -0.4 is 0 Å². The lowest BCUT2D eigenvalue weighted by Crippen LogP contribution is -2.39. The fourth-order valence-electron chi connectivity index (χ4n) is 2.87. The van der Waals surface area contributed by atoms with E-state index in [0.29, 0.717) is 24.7 Å². The molecule has 0 N–H and O–H groups in total. The lowest BCUT2D eigenvalue weighted by molar-refractivity contribution is 0.0557. The average molecular weight is 354 g/mol. The van der Waals surface area contributed by atoms with E-state index in [1.54, 1.807) is 4.90 Å². The maximum absolute atomic E-state index is 14.1. The molecule has 3 rings (SSSR count). The Balaban J connectivity index is 1.90. The third kappa shape index (κ3) is 3.27. The van der Waals surface area contributed by atoms with Gasteiger partial charge in [-0.2, -0.15) is 4.98 Å². The van der Waals surface area contributed by atoms with E-state index in [-0.39, 0.29) is 23.2 Å². The van der Waals surface area contributed by atoms with E-state index in [9.17, 15) is 9.18 Å². The molecule has 1 aromatic carbocycles. The number of methoxy groups -OCH3 is 1. The molecule has 0 radical (unpaired) electrons. The van der Waals surface area contributed by atoms with Gasteiger partial charge < -0.3 is 14.2 Å². The Bertz CT molecular complexity index is 717. The number of carbonyl (C=O) groups excluding carboxylic acids is 1. The summed E-state index contributed by atoms with van der Waals surface area (Å²) in [5.74, 6) is -0.353. The van der Waals surface area contributed by atoms with Crippen molar-refractivity contribution in [1.29, 1.82) is 0 Å². The van der Waals surface area contributed by atoms with Crippen molar-refractivity contribution in [2.45, 2.75) is 31.9 Å². The minimum atomic E-state index is -0.637. The van der Waals surface area contributed by atoms with Crippen molar-refractivity contribution < 1.29 is 18.4 Å². The first kappa shape index (κ1) is 16.9. The molecule has 8 heteroatoms. The van der Waals surface area contributed by atoms with Crippen molar-refractivity contribution in [3.8, 4) is 0 Å². The van der Waals surface area contributed by atoms with Gasteiger partial charge in [-0.15, -0.1) is 0 Å². The maximum Gasteiger partial charge on any atom is 0.259 e. The number of nitrogens with zero attached hydrogens (tertiary/aromatic N) is 3. The molecule has 1 atom stereocenters. The first-order chi connectivity index (χ1) is 11.6. The third-order valence-electron chi connectivity index (χ3n) is 3.98. The summed E-state index contributed by atoms with van der Waals surface area (Å²) in [5, 5.41) is 3.93. The van der Waals surface area contributed by atoms with E-state index in [2.05, 4.69) is 10.1 Å². The van der Waals surface area contributed by atoms with Gasteiger partial charge in [0.1, 0.15) is 18.5 Å². The molecule has 0 saturated carbocycles. The molecule has 0 bridgehead atoms. The molecule has 1 saturated heterocycles. The highest BCUT2D eigenvalue weighted by Crippen LogP contribution is 2.33. The molecule has 0 spiro atoms. The highest BCUT2D eigenvalue weighted by Gasteiger charge is 2.34. The molecule has 1 aliphatic heterocycles. The monoisotopic (exact) mass is 353 g/mol. The molecule has 2 aromatic rings. The number of rotatable bonds is 4. The molecule has 0 aliphatic carbocycles. The maximum atomic E-state index is 14.1. The van der Waals surface area contributed by atoms with Crippen LogP contribution in [-0.4, -0.2) is 34.6 Å². The van der Waals surface area contributed by atoms with Gasteiger partial charge in [0.05, 0.1) is 10.6 Å². The second-order valence-corrected chi connectivity index (χ2v) is 6.00. The number of hydrogen-bond donors (Lipinski definition) is 0. The second-order valence-electron chi connectivity index (χ2n) is 5.59. The zero-order valence-corrected chi connectivity index (χ0v) is 13.9. The highest BCUT2D eigenvalue weighted by molar-refractivity contribution is 6.33. The van der Waals surface area contributed by atoms with E-state index in [4.69, 9.17) is 20.9 Å². The van der Waals surface area contributed by atoms with E-state index >= 15 is 0 Å². The van der Waals surface area contributed by atoms with Gasteiger partial charge in [-0.25, -0.2) is 4.39 Å². The second kappa shape index (κ2) is 7.27. The predicted molar refractivity (Wildman–Crippen MR) is 84.0 cm³/mol. The van der Waals surface area contributed by atoms with Crippen molar-refractivity contribution in [3.05, 3.63) is 46.3 Å². The normalized spacial score (nSPS) is 18.0. The summed E-state index contributed by atoms with van der Waals surface area (Å²) in [6.45, 7) is 0.708. The summed E-state index contributed by atoms with van der Waals surface area (Å²) < 4.78 is 24.3.